The smallest absolute Gasteiger partial charge is 0.123 e. The van der Waals surface area contributed by atoms with E-state index >= 15 is 0 Å². The second-order valence-corrected chi connectivity index (χ2v) is 6.23. The second-order valence-electron chi connectivity index (χ2n) is 4.90. The number of hydrogen-bond donors (Lipinski definition) is 3. The highest BCUT2D eigenvalue weighted by Gasteiger charge is 2.17. The molecule has 1 aliphatic carbocycles. The van der Waals surface area contributed by atoms with Crippen LogP contribution in [0.25, 0.3) is 0 Å². The van der Waals surface area contributed by atoms with Crippen LogP contribution in [-0.4, -0.2) is 22.0 Å². The number of rotatable bonds is 6. The summed E-state index contributed by atoms with van der Waals surface area (Å²) in [6.07, 6.45) is 8.16. The van der Waals surface area contributed by atoms with Crippen molar-refractivity contribution in [2.75, 3.05) is 11.5 Å². The lowest BCUT2D eigenvalue weighted by Crippen LogP contribution is -2.39. The van der Waals surface area contributed by atoms with E-state index in [2.05, 4.69) is 22.2 Å². The summed E-state index contributed by atoms with van der Waals surface area (Å²) >= 11 is 2.05. The van der Waals surface area contributed by atoms with Gasteiger partial charge in [0, 0.05) is 23.2 Å². The lowest BCUT2D eigenvalue weighted by molar-refractivity contribution is 0.574. The van der Waals surface area contributed by atoms with Crippen LogP contribution in [0.2, 0.25) is 0 Å². The zero-order valence-electron chi connectivity index (χ0n) is 10.6. The quantitative estimate of drug-likeness (QED) is 0.540. The zero-order chi connectivity index (χ0) is 12.8. The molecule has 100 valence electrons. The Balaban J connectivity index is 1.81. The summed E-state index contributed by atoms with van der Waals surface area (Å²) in [4.78, 5) is 4.00. The molecule has 1 aromatic heterocycles. The topological polar surface area (TPSA) is 77.0 Å². The molecule has 1 aromatic rings. The van der Waals surface area contributed by atoms with E-state index in [0.717, 1.165) is 17.4 Å². The highest BCUT2D eigenvalue weighted by molar-refractivity contribution is 7.99. The number of nitrogens with two attached hydrogens (primary N) is 2. The fraction of sp³-hybridized carbons (Fsp3) is 0.615. The molecule has 0 saturated heterocycles. The molecule has 1 unspecified atom stereocenters. The van der Waals surface area contributed by atoms with Crippen molar-refractivity contribution in [2.45, 2.75) is 43.4 Å². The number of nitrogens with zero attached hydrogens (tertiary/aromatic N) is 1. The Morgan fingerprint density at radius 3 is 2.89 bits per heavy atom. The number of hydrogen-bond acceptors (Lipinski definition) is 5. The van der Waals surface area contributed by atoms with Crippen molar-refractivity contribution in [3.8, 4) is 0 Å². The molecule has 5 heteroatoms. The average molecular weight is 266 g/mol. The molecule has 5 N–H and O–H groups in total. The maximum Gasteiger partial charge on any atom is 0.123 e. The Kier molecular flexibility index (Phi) is 5.28. The summed E-state index contributed by atoms with van der Waals surface area (Å²) in [6, 6.07) is 4.23. The summed E-state index contributed by atoms with van der Waals surface area (Å²) in [7, 11) is 0. The van der Waals surface area contributed by atoms with E-state index in [0.29, 0.717) is 11.9 Å². The molecule has 0 spiro atoms. The van der Waals surface area contributed by atoms with E-state index in [-0.39, 0.29) is 0 Å². The molecule has 18 heavy (non-hydrogen) atoms. The van der Waals surface area contributed by atoms with E-state index in [9.17, 15) is 0 Å². The molecule has 0 aliphatic heterocycles. The third kappa shape index (κ3) is 4.15. The molecule has 1 atom stereocenters. The van der Waals surface area contributed by atoms with Gasteiger partial charge in [0.25, 0.3) is 0 Å². The second kappa shape index (κ2) is 6.97. The van der Waals surface area contributed by atoms with Crippen molar-refractivity contribution in [1.29, 1.82) is 0 Å². The Hall–Kier alpha value is -0.780. The average Bonchev–Trinajstić information content (AvgIpc) is 2.87. The van der Waals surface area contributed by atoms with Crippen LogP contribution in [0.1, 0.15) is 31.2 Å². The third-order valence-corrected chi connectivity index (χ3v) is 4.94. The Labute approximate surface area is 113 Å². The summed E-state index contributed by atoms with van der Waals surface area (Å²) in [5, 5.41) is 0.836. The molecule has 4 nitrogen and oxygen atoms in total. The van der Waals surface area contributed by atoms with E-state index in [1.54, 1.807) is 6.20 Å². The van der Waals surface area contributed by atoms with Crippen molar-refractivity contribution in [3.63, 3.8) is 0 Å². The van der Waals surface area contributed by atoms with Gasteiger partial charge in [-0.2, -0.15) is 11.8 Å². The third-order valence-electron chi connectivity index (χ3n) is 3.40. The lowest BCUT2D eigenvalue weighted by Gasteiger charge is -2.18. The fourth-order valence-electron chi connectivity index (χ4n) is 2.38. The van der Waals surface area contributed by atoms with Gasteiger partial charge in [0.2, 0.25) is 0 Å². The number of nitrogens with one attached hydrogen (secondary N) is 1. The molecule has 1 fully saturated rings. The molecule has 2 rings (SSSR count). The van der Waals surface area contributed by atoms with Gasteiger partial charge in [-0.25, -0.2) is 4.98 Å². The van der Waals surface area contributed by atoms with Gasteiger partial charge in [0.05, 0.1) is 0 Å². The Morgan fingerprint density at radius 1 is 1.44 bits per heavy atom. The Bertz CT molecular complexity index is 366. The predicted octanol–water partition coefficient (Wildman–Crippen LogP) is 1.71. The molecule has 0 radical (unpaired) electrons. The first kappa shape index (κ1) is 13.6. The van der Waals surface area contributed by atoms with E-state index in [4.69, 9.17) is 11.6 Å². The number of nitrogen functional groups attached to an aromatic ring is 1. The van der Waals surface area contributed by atoms with Crippen LogP contribution in [0.5, 0.6) is 0 Å². The number of thioether (sulfide) groups is 1. The predicted molar refractivity (Wildman–Crippen MR) is 78.2 cm³/mol. The van der Waals surface area contributed by atoms with Gasteiger partial charge in [0.15, 0.2) is 0 Å². The van der Waals surface area contributed by atoms with Crippen LogP contribution in [0.4, 0.5) is 5.82 Å². The zero-order valence-corrected chi connectivity index (χ0v) is 11.5. The maximum absolute atomic E-state index is 5.68. The van der Waals surface area contributed by atoms with Crippen molar-refractivity contribution in [3.05, 3.63) is 23.9 Å². The minimum Gasteiger partial charge on any atom is -0.384 e. The van der Waals surface area contributed by atoms with Crippen LogP contribution in [0.15, 0.2) is 18.3 Å². The summed E-state index contributed by atoms with van der Waals surface area (Å²) < 4.78 is 0. The molecule has 0 aromatic carbocycles. The highest BCUT2D eigenvalue weighted by atomic mass is 32.2. The van der Waals surface area contributed by atoms with Crippen molar-refractivity contribution in [1.82, 2.24) is 10.4 Å². The van der Waals surface area contributed by atoms with Gasteiger partial charge in [-0.3, -0.25) is 11.3 Å². The van der Waals surface area contributed by atoms with E-state index in [1.807, 2.05) is 12.1 Å². The summed E-state index contributed by atoms with van der Waals surface area (Å²) in [5.41, 5.74) is 9.79. The molecule has 0 bridgehead atoms. The van der Waals surface area contributed by atoms with E-state index < -0.39 is 0 Å². The monoisotopic (exact) mass is 266 g/mol. The molecular formula is C13H22N4S. The first-order valence-corrected chi connectivity index (χ1v) is 7.61. The fourth-order valence-corrected chi connectivity index (χ4v) is 3.76. The number of aromatic nitrogens is 1. The van der Waals surface area contributed by atoms with Gasteiger partial charge in [-0.1, -0.05) is 12.8 Å². The van der Waals surface area contributed by atoms with Crippen molar-refractivity contribution >= 4 is 17.6 Å². The van der Waals surface area contributed by atoms with Gasteiger partial charge >= 0.3 is 0 Å². The van der Waals surface area contributed by atoms with Crippen LogP contribution in [-0.2, 0) is 6.42 Å². The molecule has 1 aliphatic rings. The van der Waals surface area contributed by atoms with Crippen LogP contribution < -0.4 is 17.0 Å². The maximum atomic E-state index is 5.68. The van der Waals surface area contributed by atoms with Gasteiger partial charge in [-0.05, 0) is 37.0 Å². The van der Waals surface area contributed by atoms with Crippen molar-refractivity contribution < 1.29 is 0 Å². The minimum atomic E-state index is 0.303. The van der Waals surface area contributed by atoms with Crippen LogP contribution in [0, 0.1) is 0 Å². The standard InChI is InChI=1S/C13H22N4S/c14-13-8-10(5-6-16-13)7-11(17-15)9-18-12-3-1-2-4-12/h5-6,8,11-12,17H,1-4,7,9,15H2,(H2,14,16). The number of anilines is 1. The first-order valence-electron chi connectivity index (χ1n) is 6.56. The Morgan fingerprint density at radius 2 is 2.22 bits per heavy atom. The number of hydrazine groups is 1. The van der Waals surface area contributed by atoms with Gasteiger partial charge in [0.1, 0.15) is 5.82 Å². The number of pyridine rings is 1. The SMILES string of the molecule is NNC(CSC1CCCC1)Cc1ccnc(N)c1. The first-order chi connectivity index (χ1) is 8.78. The highest BCUT2D eigenvalue weighted by Crippen LogP contribution is 2.29. The van der Waals surface area contributed by atoms with Crippen molar-refractivity contribution in [2.24, 2.45) is 5.84 Å². The summed E-state index contributed by atoms with van der Waals surface area (Å²) in [5.74, 6) is 7.27. The molecule has 1 heterocycles. The molecular weight excluding hydrogens is 244 g/mol. The normalized spacial score (nSPS) is 18.1. The van der Waals surface area contributed by atoms with E-state index in [1.165, 1.54) is 31.2 Å². The van der Waals surface area contributed by atoms with Crippen LogP contribution in [0.3, 0.4) is 0 Å². The molecule has 0 amide bonds. The van der Waals surface area contributed by atoms with Gasteiger partial charge in [-0.15, -0.1) is 0 Å². The van der Waals surface area contributed by atoms with Gasteiger partial charge < -0.3 is 5.73 Å². The largest absolute Gasteiger partial charge is 0.384 e. The minimum absolute atomic E-state index is 0.303. The summed E-state index contributed by atoms with van der Waals surface area (Å²) in [6.45, 7) is 0. The lowest BCUT2D eigenvalue weighted by atomic mass is 10.1. The van der Waals surface area contributed by atoms with Crippen LogP contribution >= 0.6 is 11.8 Å². The molecule has 1 saturated carbocycles.